The number of para-hydroxylation sites is 2. The minimum absolute atomic E-state index is 0.883. The van der Waals surface area contributed by atoms with Gasteiger partial charge in [0.1, 0.15) is 11.2 Å². The minimum Gasteiger partial charge on any atom is -0.456 e. The number of nitrogens with zero attached hydrogens (tertiary/aromatic N) is 2. The number of anilines is 3. The van der Waals surface area contributed by atoms with Crippen LogP contribution in [0.4, 0.5) is 17.1 Å². The smallest absolute Gasteiger partial charge is 0.136 e. The van der Waals surface area contributed by atoms with Crippen molar-refractivity contribution in [3.63, 3.8) is 0 Å². The fraction of sp³-hybridized carbons (Fsp3) is 0. The van der Waals surface area contributed by atoms with E-state index in [1.807, 2.05) is 22.7 Å². The van der Waals surface area contributed by atoms with Crippen molar-refractivity contribution in [1.29, 1.82) is 0 Å². The first kappa shape index (κ1) is 36.5. The fourth-order valence-electron chi connectivity index (χ4n) is 10.3. The number of fused-ring (bicyclic) bond motifs is 12. The Bertz CT molecular complexity index is 4080. The summed E-state index contributed by atoms with van der Waals surface area (Å²) in [4.78, 5) is 2.48. The van der Waals surface area contributed by atoms with E-state index in [9.17, 15) is 0 Å². The van der Waals surface area contributed by atoms with Crippen LogP contribution in [0.15, 0.2) is 223 Å². The Morgan fingerprint density at radius 2 is 0.923 bits per heavy atom. The van der Waals surface area contributed by atoms with Crippen LogP contribution < -0.4 is 4.90 Å². The number of hydrogen-bond donors (Lipinski definition) is 0. The monoisotopic (exact) mass is 864 g/mol. The molecule has 10 aromatic carbocycles. The molecular formula is C60H36N2OS2. The SMILES string of the molecule is c1ccc(-n2c3ccccc3c3cc(-c4ccc5oc6cccc(-c7ccc(N(c8cccc9c8sc8ccccc89)c8cccc9c8sc8ccccc89)cc7)c6c5c4)ccc32)cc1. The van der Waals surface area contributed by atoms with Gasteiger partial charge in [-0.2, -0.15) is 0 Å². The molecule has 3 nitrogen and oxygen atoms in total. The highest BCUT2D eigenvalue weighted by molar-refractivity contribution is 7.27. The second-order valence-corrected chi connectivity index (χ2v) is 18.9. The van der Waals surface area contributed by atoms with Gasteiger partial charge in [0.2, 0.25) is 0 Å². The molecule has 0 atom stereocenters. The van der Waals surface area contributed by atoms with Crippen LogP contribution in [-0.2, 0) is 0 Å². The number of aromatic nitrogens is 1. The van der Waals surface area contributed by atoms with Crippen molar-refractivity contribution in [1.82, 2.24) is 4.57 Å². The third-order valence-corrected chi connectivity index (χ3v) is 15.6. The number of rotatable bonds is 6. The highest BCUT2D eigenvalue weighted by atomic mass is 32.1. The third-order valence-electron chi connectivity index (χ3n) is 13.2. The highest BCUT2D eigenvalue weighted by Gasteiger charge is 2.22. The molecule has 4 aromatic heterocycles. The van der Waals surface area contributed by atoms with E-state index in [-0.39, 0.29) is 0 Å². The lowest BCUT2D eigenvalue weighted by molar-refractivity contribution is 0.669. The van der Waals surface area contributed by atoms with Gasteiger partial charge in [-0.05, 0) is 107 Å². The van der Waals surface area contributed by atoms with E-state index in [1.54, 1.807) is 0 Å². The van der Waals surface area contributed by atoms with Crippen molar-refractivity contribution < 1.29 is 4.42 Å². The number of hydrogen-bond acceptors (Lipinski definition) is 4. The summed E-state index contributed by atoms with van der Waals surface area (Å²) in [6.45, 7) is 0. The summed E-state index contributed by atoms with van der Waals surface area (Å²) < 4.78 is 14.1. The van der Waals surface area contributed by atoms with E-state index in [1.165, 1.54) is 79.1 Å². The number of thiophene rings is 2. The predicted molar refractivity (Wildman–Crippen MR) is 279 cm³/mol. The summed E-state index contributed by atoms with van der Waals surface area (Å²) in [7, 11) is 0. The van der Waals surface area contributed by atoms with Gasteiger partial charge in [-0.3, -0.25) is 0 Å². The van der Waals surface area contributed by atoms with E-state index in [4.69, 9.17) is 4.42 Å². The van der Waals surface area contributed by atoms with Crippen molar-refractivity contribution >= 4 is 124 Å². The van der Waals surface area contributed by atoms with E-state index < -0.39 is 0 Å². The molecule has 0 saturated carbocycles. The van der Waals surface area contributed by atoms with Crippen molar-refractivity contribution in [2.24, 2.45) is 0 Å². The highest BCUT2D eigenvalue weighted by Crippen LogP contribution is 2.49. The lowest BCUT2D eigenvalue weighted by atomic mass is 9.96. The van der Waals surface area contributed by atoms with Crippen LogP contribution in [0, 0.1) is 0 Å². The van der Waals surface area contributed by atoms with E-state index in [0.717, 1.165) is 50.0 Å². The maximum absolute atomic E-state index is 6.59. The molecule has 0 radical (unpaired) electrons. The molecule has 0 aliphatic rings. The summed E-state index contributed by atoms with van der Waals surface area (Å²) in [5, 5.41) is 9.87. The first-order valence-electron chi connectivity index (χ1n) is 22.0. The molecule has 65 heavy (non-hydrogen) atoms. The van der Waals surface area contributed by atoms with Gasteiger partial charge in [0.05, 0.1) is 31.8 Å². The quantitative estimate of drug-likeness (QED) is 0.166. The van der Waals surface area contributed by atoms with Crippen molar-refractivity contribution in [2.75, 3.05) is 4.90 Å². The van der Waals surface area contributed by atoms with Crippen LogP contribution in [0.5, 0.6) is 0 Å². The molecule has 0 aliphatic heterocycles. The molecule has 0 fully saturated rings. The Labute approximate surface area is 381 Å². The van der Waals surface area contributed by atoms with Crippen LogP contribution in [-0.4, -0.2) is 4.57 Å². The largest absolute Gasteiger partial charge is 0.456 e. The Kier molecular flexibility index (Phi) is 8.02. The number of benzene rings is 10. The Balaban J connectivity index is 0.911. The van der Waals surface area contributed by atoms with Gasteiger partial charge in [-0.15, -0.1) is 22.7 Å². The van der Waals surface area contributed by atoms with Gasteiger partial charge < -0.3 is 13.9 Å². The van der Waals surface area contributed by atoms with Crippen LogP contribution in [0.25, 0.3) is 112 Å². The minimum atomic E-state index is 0.883. The summed E-state index contributed by atoms with van der Waals surface area (Å²) >= 11 is 3.74. The van der Waals surface area contributed by atoms with Crippen LogP contribution in [0.3, 0.4) is 0 Å². The van der Waals surface area contributed by atoms with Gasteiger partial charge in [-0.25, -0.2) is 0 Å². The molecule has 0 aliphatic carbocycles. The van der Waals surface area contributed by atoms with Crippen LogP contribution >= 0.6 is 22.7 Å². The molecule has 4 heterocycles. The average Bonchev–Trinajstić information content (AvgIpc) is 4.14. The van der Waals surface area contributed by atoms with Crippen LogP contribution in [0.2, 0.25) is 0 Å². The fourth-order valence-corrected chi connectivity index (χ4v) is 12.7. The summed E-state index contributed by atoms with van der Waals surface area (Å²) in [6, 6.07) is 79.5. The van der Waals surface area contributed by atoms with Gasteiger partial charge in [-0.1, -0.05) is 133 Å². The molecule has 5 heteroatoms. The van der Waals surface area contributed by atoms with Gasteiger partial charge >= 0.3 is 0 Å². The lowest BCUT2D eigenvalue weighted by Gasteiger charge is -2.27. The Morgan fingerprint density at radius 3 is 1.63 bits per heavy atom. The van der Waals surface area contributed by atoms with E-state index >= 15 is 0 Å². The molecule has 14 aromatic rings. The molecule has 14 rings (SSSR count). The summed E-state index contributed by atoms with van der Waals surface area (Å²) in [5.41, 5.74) is 13.4. The van der Waals surface area contributed by atoms with E-state index in [2.05, 4.69) is 228 Å². The second kappa shape index (κ2) is 14.3. The van der Waals surface area contributed by atoms with Crippen molar-refractivity contribution in [3.05, 3.63) is 218 Å². The van der Waals surface area contributed by atoms with Gasteiger partial charge in [0, 0.05) is 63.9 Å². The molecular weight excluding hydrogens is 829 g/mol. The maximum atomic E-state index is 6.59. The predicted octanol–water partition coefficient (Wildman–Crippen LogP) is 18.2. The van der Waals surface area contributed by atoms with Gasteiger partial charge in [0.15, 0.2) is 0 Å². The zero-order valence-electron chi connectivity index (χ0n) is 34.9. The molecule has 0 saturated heterocycles. The van der Waals surface area contributed by atoms with Gasteiger partial charge in [0.25, 0.3) is 0 Å². The molecule has 304 valence electrons. The number of furan rings is 1. The standard InChI is InChI=1S/C60H36N2OS2/c1-2-13-40(14-3-1)61-50-21-7-4-15-43(50)48-35-38(29-33-51(48)61)39-30-34-54-49(36-39)58-42(18-12-24-55(58)63-54)37-27-31-41(32-28-37)62(52-22-10-19-46-44-16-5-8-25-56(44)64-59(46)52)53-23-11-20-47-45-17-6-9-26-57(45)65-60(47)53/h1-36H. The first-order valence-corrected chi connectivity index (χ1v) is 23.6. The summed E-state index contributed by atoms with van der Waals surface area (Å²) in [5.74, 6) is 0. The molecule has 0 amide bonds. The molecule has 0 N–H and O–H groups in total. The first-order chi connectivity index (χ1) is 32.2. The zero-order valence-corrected chi connectivity index (χ0v) is 36.5. The Hall–Kier alpha value is -7.96. The van der Waals surface area contributed by atoms with Crippen LogP contribution in [0.1, 0.15) is 0 Å². The maximum Gasteiger partial charge on any atom is 0.136 e. The zero-order chi connectivity index (χ0) is 42.6. The molecule has 0 unspecified atom stereocenters. The molecule has 0 bridgehead atoms. The third kappa shape index (κ3) is 5.59. The van der Waals surface area contributed by atoms with Crippen molar-refractivity contribution in [3.8, 4) is 27.9 Å². The summed E-state index contributed by atoms with van der Waals surface area (Å²) in [6.07, 6.45) is 0. The second-order valence-electron chi connectivity index (χ2n) is 16.8. The lowest BCUT2D eigenvalue weighted by Crippen LogP contribution is -2.10. The van der Waals surface area contributed by atoms with E-state index in [0.29, 0.717) is 0 Å². The van der Waals surface area contributed by atoms with Crippen molar-refractivity contribution in [2.45, 2.75) is 0 Å². The Morgan fingerprint density at radius 1 is 0.369 bits per heavy atom. The average molecular weight is 865 g/mol. The normalized spacial score (nSPS) is 12.0. The molecule has 0 spiro atoms. The topological polar surface area (TPSA) is 21.3 Å².